The molecule has 0 aromatic rings. The zero-order chi connectivity index (χ0) is 6.69. The van der Waals surface area contributed by atoms with Crippen LogP contribution in [-0.4, -0.2) is 17.5 Å². The molecule has 0 aromatic heterocycles. The smallest absolute Gasteiger partial charge is 0.154 e. The molecule has 1 heterocycles. The van der Waals surface area contributed by atoms with Crippen molar-refractivity contribution < 1.29 is 9.84 Å². The first-order valence-electron chi connectivity index (χ1n) is 3.66. The van der Waals surface area contributed by atoms with E-state index < -0.39 is 6.29 Å². The molecule has 1 aliphatic rings. The lowest BCUT2D eigenvalue weighted by molar-refractivity contribution is -0.0916. The largest absolute Gasteiger partial charge is 0.368 e. The van der Waals surface area contributed by atoms with Gasteiger partial charge in [0.15, 0.2) is 6.29 Å². The normalized spacial score (nSPS) is 35.3. The van der Waals surface area contributed by atoms with E-state index in [4.69, 9.17) is 9.84 Å². The molecular weight excluding hydrogens is 116 g/mol. The summed E-state index contributed by atoms with van der Waals surface area (Å²) in [5.74, 6) is 0. The molecule has 0 aliphatic carbocycles. The van der Waals surface area contributed by atoms with Gasteiger partial charge >= 0.3 is 0 Å². The van der Waals surface area contributed by atoms with Gasteiger partial charge in [0.25, 0.3) is 0 Å². The Kier molecular flexibility index (Phi) is 2.49. The van der Waals surface area contributed by atoms with Crippen molar-refractivity contribution in [3.63, 3.8) is 0 Å². The van der Waals surface area contributed by atoms with Crippen molar-refractivity contribution in [2.75, 3.05) is 0 Å². The molecule has 2 atom stereocenters. The van der Waals surface area contributed by atoms with Gasteiger partial charge in [0.2, 0.25) is 0 Å². The minimum absolute atomic E-state index is 0.338. The van der Waals surface area contributed by atoms with Crippen LogP contribution in [0.25, 0.3) is 0 Å². The van der Waals surface area contributed by atoms with Crippen LogP contribution in [0.1, 0.15) is 32.6 Å². The highest BCUT2D eigenvalue weighted by atomic mass is 16.6. The van der Waals surface area contributed by atoms with E-state index in [1.807, 2.05) is 0 Å². The lowest BCUT2D eigenvalue weighted by atomic mass is 10.1. The molecule has 0 amide bonds. The summed E-state index contributed by atoms with van der Waals surface area (Å²) < 4.78 is 5.16. The second-order valence-corrected chi connectivity index (χ2v) is 2.58. The van der Waals surface area contributed by atoms with Crippen molar-refractivity contribution in [2.45, 2.75) is 45.0 Å². The predicted molar refractivity (Wildman–Crippen MR) is 35.0 cm³/mol. The van der Waals surface area contributed by atoms with Crippen molar-refractivity contribution >= 4 is 0 Å². The molecule has 2 heteroatoms. The first-order chi connectivity index (χ1) is 4.33. The summed E-state index contributed by atoms with van der Waals surface area (Å²) in [6.45, 7) is 2.13. The Hall–Kier alpha value is -0.0800. The van der Waals surface area contributed by atoms with Gasteiger partial charge in [-0.15, -0.1) is 0 Å². The first-order valence-corrected chi connectivity index (χ1v) is 3.66. The Morgan fingerprint density at radius 1 is 1.56 bits per heavy atom. The van der Waals surface area contributed by atoms with Crippen molar-refractivity contribution in [1.82, 2.24) is 0 Å². The topological polar surface area (TPSA) is 29.5 Å². The van der Waals surface area contributed by atoms with Crippen LogP contribution in [0.4, 0.5) is 0 Å². The van der Waals surface area contributed by atoms with Gasteiger partial charge in [-0.3, -0.25) is 0 Å². The average molecular weight is 130 g/mol. The van der Waals surface area contributed by atoms with Gasteiger partial charge in [-0.05, 0) is 12.8 Å². The molecule has 0 saturated carbocycles. The quantitative estimate of drug-likeness (QED) is 0.610. The van der Waals surface area contributed by atoms with E-state index in [0.717, 1.165) is 25.7 Å². The molecule has 1 saturated heterocycles. The van der Waals surface area contributed by atoms with E-state index in [1.54, 1.807) is 0 Å². The van der Waals surface area contributed by atoms with Gasteiger partial charge in [-0.2, -0.15) is 0 Å². The zero-order valence-corrected chi connectivity index (χ0v) is 5.84. The molecule has 54 valence electrons. The van der Waals surface area contributed by atoms with Gasteiger partial charge in [0.1, 0.15) is 0 Å². The van der Waals surface area contributed by atoms with Crippen LogP contribution in [0.15, 0.2) is 0 Å². The molecule has 1 rings (SSSR count). The van der Waals surface area contributed by atoms with Crippen LogP contribution < -0.4 is 0 Å². The third-order valence-electron chi connectivity index (χ3n) is 1.70. The molecule has 0 aromatic carbocycles. The first kappa shape index (κ1) is 7.03. The standard InChI is InChI=1S/C7H14O2/c1-2-3-6-4-5-7(8)9-6/h6-8H,2-5H2,1H3. The SMILES string of the molecule is CCCC1CCC(O)O1. The fourth-order valence-corrected chi connectivity index (χ4v) is 1.22. The molecule has 1 N–H and O–H groups in total. The minimum atomic E-state index is -0.471. The average Bonchev–Trinajstić information content (AvgIpc) is 2.17. The van der Waals surface area contributed by atoms with Crippen molar-refractivity contribution in [3.8, 4) is 0 Å². The Labute approximate surface area is 55.8 Å². The fraction of sp³-hybridized carbons (Fsp3) is 1.00. The monoisotopic (exact) mass is 130 g/mol. The summed E-state index contributed by atoms with van der Waals surface area (Å²) >= 11 is 0. The molecule has 2 nitrogen and oxygen atoms in total. The van der Waals surface area contributed by atoms with Crippen LogP contribution in [0.3, 0.4) is 0 Å². The summed E-state index contributed by atoms with van der Waals surface area (Å²) in [7, 11) is 0. The lowest BCUT2D eigenvalue weighted by Crippen LogP contribution is -2.08. The number of hydrogen-bond donors (Lipinski definition) is 1. The van der Waals surface area contributed by atoms with E-state index in [-0.39, 0.29) is 0 Å². The number of rotatable bonds is 2. The van der Waals surface area contributed by atoms with Gasteiger partial charge in [-0.25, -0.2) is 0 Å². The second kappa shape index (κ2) is 3.18. The highest BCUT2D eigenvalue weighted by Crippen LogP contribution is 2.20. The van der Waals surface area contributed by atoms with E-state index in [9.17, 15) is 0 Å². The summed E-state index contributed by atoms with van der Waals surface area (Å²) in [5, 5.41) is 8.90. The van der Waals surface area contributed by atoms with Crippen molar-refractivity contribution in [3.05, 3.63) is 0 Å². The third kappa shape index (κ3) is 1.95. The Balaban J connectivity index is 2.14. The maximum absolute atomic E-state index is 8.90. The molecule has 0 bridgehead atoms. The van der Waals surface area contributed by atoms with Crippen molar-refractivity contribution in [1.29, 1.82) is 0 Å². The molecule has 1 aliphatic heterocycles. The molecule has 0 spiro atoms. The highest BCUT2D eigenvalue weighted by molar-refractivity contribution is 4.65. The minimum Gasteiger partial charge on any atom is -0.368 e. The summed E-state index contributed by atoms with van der Waals surface area (Å²) in [6.07, 6.45) is 3.97. The van der Waals surface area contributed by atoms with E-state index in [1.165, 1.54) is 0 Å². The third-order valence-corrected chi connectivity index (χ3v) is 1.70. The number of aliphatic hydroxyl groups excluding tert-OH is 1. The number of hydrogen-bond acceptors (Lipinski definition) is 2. The summed E-state index contributed by atoms with van der Waals surface area (Å²) in [5.41, 5.74) is 0. The summed E-state index contributed by atoms with van der Waals surface area (Å²) in [6, 6.07) is 0. The zero-order valence-electron chi connectivity index (χ0n) is 5.84. The van der Waals surface area contributed by atoms with Gasteiger partial charge in [0, 0.05) is 6.42 Å². The molecule has 9 heavy (non-hydrogen) atoms. The van der Waals surface area contributed by atoms with Crippen LogP contribution in [0, 0.1) is 0 Å². The van der Waals surface area contributed by atoms with Crippen LogP contribution >= 0.6 is 0 Å². The van der Waals surface area contributed by atoms with Gasteiger partial charge in [-0.1, -0.05) is 13.3 Å². The lowest BCUT2D eigenvalue weighted by Gasteiger charge is -2.07. The summed E-state index contributed by atoms with van der Waals surface area (Å²) in [4.78, 5) is 0. The Bertz CT molecular complexity index is 81.0. The Morgan fingerprint density at radius 3 is 2.78 bits per heavy atom. The molecule has 0 radical (unpaired) electrons. The van der Waals surface area contributed by atoms with Crippen LogP contribution in [0.2, 0.25) is 0 Å². The highest BCUT2D eigenvalue weighted by Gasteiger charge is 2.21. The molecular formula is C7H14O2. The molecule has 1 fully saturated rings. The van der Waals surface area contributed by atoms with E-state index >= 15 is 0 Å². The van der Waals surface area contributed by atoms with Crippen molar-refractivity contribution in [2.24, 2.45) is 0 Å². The van der Waals surface area contributed by atoms with E-state index in [2.05, 4.69) is 6.92 Å². The van der Waals surface area contributed by atoms with Gasteiger partial charge in [0.05, 0.1) is 6.10 Å². The van der Waals surface area contributed by atoms with Crippen LogP contribution in [-0.2, 0) is 4.74 Å². The maximum Gasteiger partial charge on any atom is 0.154 e. The second-order valence-electron chi connectivity index (χ2n) is 2.58. The van der Waals surface area contributed by atoms with Crippen LogP contribution in [0.5, 0.6) is 0 Å². The van der Waals surface area contributed by atoms with Gasteiger partial charge < -0.3 is 9.84 Å². The molecule has 2 unspecified atom stereocenters. The van der Waals surface area contributed by atoms with E-state index in [0.29, 0.717) is 6.10 Å². The predicted octanol–water partition coefficient (Wildman–Crippen LogP) is 1.28. The Morgan fingerprint density at radius 2 is 2.33 bits per heavy atom. The maximum atomic E-state index is 8.90. The number of aliphatic hydroxyl groups is 1. The number of ether oxygens (including phenoxy) is 1. The fourth-order valence-electron chi connectivity index (χ4n) is 1.22.